The molecule has 0 bridgehead atoms. The van der Waals surface area contributed by atoms with E-state index in [1.807, 2.05) is 0 Å². The summed E-state index contributed by atoms with van der Waals surface area (Å²) in [6.45, 7) is 7.46. The second-order valence-electron chi connectivity index (χ2n) is 5.89. The number of benzene rings is 1. The van der Waals surface area contributed by atoms with Gasteiger partial charge in [-0.1, -0.05) is 18.7 Å². The molecule has 4 heteroatoms. The van der Waals surface area contributed by atoms with Crippen LogP contribution in [0.4, 0.5) is 0 Å². The van der Waals surface area contributed by atoms with Crippen LogP contribution in [0.25, 0.3) is 5.70 Å². The summed E-state index contributed by atoms with van der Waals surface area (Å²) in [6, 6.07) is 6.51. The van der Waals surface area contributed by atoms with Crippen LogP contribution in [-0.4, -0.2) is 37.0 Å². The highest BCUT2D eigenvalue weighted by atomic mass is 16.5. The van der Waals surface area contributed by atoms with Crippen LogP contribution >= 0.6 is 0 Å². The molecule has 2 aliphatic rings. The van der Waals surface area contributed by atoms with Crippen LogP contribution in [0.15, 0.2) is 24.8 Å². The molecule has 0 aliphatic carbocycles. The Morgan fingerprint density at radius 1 is 1.43 bits per heavy atom. The lowest BCUT2D eigenvalue weighted by Gasteiger charge is -2.29. The van der Waals surface area contributed by atoms with Crippen LogP contribution in [0.3, 0.4) is 0 Å². The molecule has 0 saturated carbocycles. The number of aliphatic hydroxyl groups excluding tert-OH is 1. The smallest absolute Gasteiger partial charge is 0.101 e. The molecular formula is C17H24N2O2. The maximum absolute atomic E-state index is 9.91. The first-order valence-electron chi connectivity index (χ1n) is 7.79. The number of hydrogen-bond acceptors (Lipinski definition) is 4. The van der Waals surface area contributed by atoms with Gasteiger partial charge in [-0.05, 0) is 48.6 Å². The Hall–Kier alpha value is -1.36. The van der Waals surface area contributed by atoms with Gasteiger partial charge in [-0.2, -0.15) is 0 Å². The Morgan fingerprint density at radius 2 is 2.33 bits per heavy atom. The zero-order valence-electron chi connectivity index (χ0n) is 12.4. The third-order valence-corrected chi connectivity index (χ3v) is 4.36. The van der Waals surface area contributed by atoms with Crippen molar-refractivity contribution in [2.24, 2.45) is 0 Å². The van der Waals surface area contributed by atoms with Gasteiger partial charge in [-0.3, -0.25) is 0 Å². The van der Waals surface area contributed by atoms with Crippen molar-refractivity contribution in [1.29, 1.82) is 0 Å². The zero-order valence-corrected chi connectivity index (χ0v) is 12.4. The third-order valence-electron chi connectivity index (χ3n) is 4.36. The lowest BCUT2D eigenvalue weighted by atomic mass is 9.97. The van der Waals surface area contributed by atoms with Gasteiger partial charge >= 0.3 is 0 Å². The normalized spacial score (nSPS) is 25.2. The van der Waals surface area contributed by atoms with Crippen molar-refractivity contribution in [3.63, 3.8) is 0 Å². The first-order chi connectivity index (χ1) is 10.2. The van der Waals surface area contributed by atoms with Gasteiger partial charge in [0.05, 0.1) is 6.10 Å². The fourth-order valence-electron chi connectivity index (χ4n) is 3.01. The molecule has 3 N–H and O–H groups in total. The van der Waals surface area contributed by atoms with E-state index in [0.29, 0.717) is 6.54 Å². The molecule has 1 aromatic rings. The van der Waals surface area contributed by atoms with Crippen molar-refractivity contribution in [1.82, 2.24) is 10.6 Å². The fourth-order valence-corrected chi connectivity index (χ4v) is 3.01. The van der Waals surface area contributed by atoms with E-state index >= 15 is 0 Å². The molecule has 114 valence electrons. The Bertz CT molecular complexity index is 516. The molecule has 0 amide bonds. The van der Waals surface area contributed by atoms with E-state index in [1.54, 1.807) is 0 Å². The lowest BCUT2D eigenvalue weighted by molar-refractivity contribution is -0.0701. The molecule has 2 atom stereocenters. The van der Waals surface area contributed by atoms with E-state index in [4.69, 9.17) is 4.74 Å². The van der Waals surface area contributed by atoms with Gasteiger partial charge in [0.15, 0.2) is 0 Å². The zero-order chi connectivity index (χ0) is 14.7. The maximum atomic E-state index is 9.91. The highest BCUT2D eigenvalue weighted by molar-refractivity contribution is 5.63. The average Bonchev–Trinajstić information content (AvgIpc) is 2.53. The van der Waals surface area contributed by atoms with Crippen LogP contribution in [0.1, 0.15) is 29.5 Å². The van der Waals surface area contributed by atoms with Crippen molar-refractivity contribution in [2.75, 3.05) is 19.7 Å². The quantitative estimate of drug-likeness (QED) is 0.784. The van der Waals surface area contributed by atoms with E-state index in [-0.39, 0.29) is 12.2 Å². The fraction of sp³-hybridized carbons (Fsp3) is 0.529. The molecule has 2 heterocycles. The predicted octanol–water partition coefficient (Wildman–Crippen LogP) is 1.43. The molecule has 0 aromatic heterocycles. The summed E-state index contributed by atoms with van der Waals surface area (Å²) in [4.78, 5) is 0. The van der Waals surface area contributed by atoms with Crippen molar-refractivity contribution in [3.8, 4) is 0 Å². The van der Waals surface area contributed by atoms with Crippen molar-refractivity contribution < 1.29 is 9.84 Å². The Morgan fingerprint density at radius 3 is 3.19 bits per heavy atom. The monoisotopic (exact) mass is 288 g/mol. The molecule has 1 fully saturated rings. The molecule has 3 rings (SSSR count). The summed E-state index contributed by atoms with van der Waals surface area (Å²) >= 11 is 0. The Labute approximate surface area is 126 Å². The van der Waals surface area contributed by atoms with Gasteiger partial charge in [0, 0.05) is 25.4 Å². The number of ether oxygens (including phenoxy) is 1. The summed E-state index contributed by atoms with van der Waals surface area (Å²) in [5.74, 6) is 0. The SMILES string of the molecule is C=C(NCC1OCCCC1O)c1ccc2c(c1)CCNC2. The minimum absolute atomic E-state index is 0.127. The van der Waals surface area contributed by atoms with Gasteiger partial charge in [-0.25, -0.2) is 0 Å². The van der Waals surface area contributed by atoms with E-state index < -0.39 is 0 Å². The van der Waals surface area contributed by atoms with Crippen LogP contribution in [0.5, 0.6) is 0 Å². The van der Waals surface area contributed by atoms with Crippen LogP contribution < -0.4 is 10.6 Å². The van der Waals surface area contributed by atoms with Crippen molar-refractivity contribution >= 4 is 5.70 Å². The Balaban J connectivity index is 1.60. The van der Waals surface area contributed by atoms with Gasteiger partial charge < -0.3 is 20.5 Å². The molecule has 0 radical (unpaired) electrons. The lowest BCUT2D eigenvalue weighted by Crippen LogP contribution is -2.41. The van der Waals surface area contributed by atoms with Crippen LogP contribution in [0, 0.1) is 0 Å². The summed E-state index contributed by atoms with van der Waals surface area (Å²) in [5.41, 5.74) is 4.81. The standard InChI is InChI=1S/C17H24N2O2/c1-12(19-11-17-16(20)3-2-8-21-17)13-4-5-15-10-18-7-6-14(15)9-13/h4-5,9,16-20H,1-3,6-8,10-11H2. The summed E-state index contributed by atoms with van der Waals surface area (Å²) in [5, 5.41) is 16.6. The van der Waals surface area contributed by atoms with Gasteiger partial charge in [0.2, 0.25) is 0 Å². The van der Waals surface area contributed by atoms with Crippen molar-refractivity contribution in [3.05, 3.63) is 41.5 Å². The molecular weight excluding hydrogens is 264 g/mol. The number of rotatable bonds is 4. The molecule has 2 aliphatic heterocycles. The highest BCUT2D eigenvalue weighted by Crippen LogP contribution is 2.20. The second-order valence-corrected chi connectivity index (χ2v) is 5.89. The molecule has 1 aromatic carbocycles. The van der Waals surface area contributed by atoms with Gasteiger partial charge in [0.1, 0.15) is 6.10 Å². The minimum Gasteiger partial charge on any atom is -0.390 e. The van der Waals surface area contributed by atoms with Crippen molar-refractivity contribution in [2.45, 2.75) is 38.0 Å². The highest BCUT2D eigenvalue weighted by Gasteiger charge is 2.23. The van der Waals surface area contributed by atoms with Crippen LogP contribution in [0.2, 0.25) is 0 Å². The number of aliphatic hydroxyl groups is 1. The molecule has 21 heavy (non-hydrogen) atoms. The maximum Gasteiger partial charge on any atom is 0.101 e. The summed E-state index contributed by atoms with van der Waals surface area (Å²) < 4.78 is 5.61. The number of fused-ring (bicyclic) bond motifs is 1. The van der Waals surface area contributed by atoms with Gasteiger partial charge in [-0.15, -0.1) is 0 Å². The average molecular weight is 288 g/mol. The van der Waals surface area contributed by atoms with Crippen LogP contribution in [-0.2, 0) is 17.7 Å². The molecule has 1 saturated heterocycles. The van der Waals surface area contributed by atoms with E-state index in [9.17, 15) is 5.11 Å². The molecule has 2 unspecified atom stereocenters. The second kappa shape index (κ2) is 6.60. The van der Waals surface area contributed by atoms with E-state index in [2.05, 4.69) is 35.4 Å². The number of hydrogen-bond donors (Lipinski definition) is 3. The molecule has 4 nitrogen and oxygen atoms in total. The topological polar surface area (TPSA) is 53.5 Å². The largest absolute Gasteiger partial charge is 0.390 e. The van der Waals surface area contributed by atoms with Gasteiger partial charge in [0.25, 0.3) is 0 Å². The first kappa shape index (κ1) is 14.6. The summed E-state index contributed by atoms with van der Waals surface area (Å²) in [7, 11) is 0. The van der Waals surface area contributed by atoms with E-state index in [0.717, 1.165) is 50.2 Å². The third kappa shape index (κ3) is 3.46. The Kier molecular flexibility index (Phi) is 4.58. The van der Waals surface area contributed by atoms with E-state index in [1.165, 1.54) is 11.1 Å². The number of nitrogens with one attached hydrogen (secondary N) is 2. The molecule has 0 spiro atoms. The predicted molar refractivity (Wildman–Crippen MR) is 83.9 cm³/mol. The minimum atomic E-state index is -0.367. The summed E-state index contributed by atoms with van der Waals surface area (Å²) in [6.07, 6.45) is 2.34. The first-order valence-corrected chi connectivity index (χ1v) is 7.79.